The first-order chi connectivity index (χ1) is 8.59. The third kappa shape index (κ3) is 3.30. The molecule has 0 spiro atoms. The molecule has 0 amide bonds. The molecule has 0 radical (unpaired) electrons. The molecular weight excluding hydrogens is 308 g/mol. The van der Waals surface area contributed by atoms with E-state index in [1.165, 1.54) is 59.7 Å². The lowest BCUT2D eigenvalue weighted by atomic mass is 9.89. The molecule has 1 aromatic carbocycles. The Kier molecular flexibility index (Phi) is 5.14. The minimum atomic E-state index is 0.190. The summed E-state index contributed by atoms with van der Waals surface area (Å²) in [4.78, 5) is 0. The van der Waals surface area contributed by atoms with E-state index >= 15 is 0 Å². The van der Waals surface area contributed by atoms with Gasteiger partial charge in [0.25, 0.3) is 0 Å². The number of hydrogen-bond donors (Lipinski definition) is 0. The lowest BCUT2D eigenvalue weighted by Crippen LogP contribution is -2.09. The van der Waals surface area contributed by atoms with E-state index in [-0.39, 0.29) is 5.38 Å². The Labute approximate surface area is 124 Å². The van der Waals surface area contributed by atoms with Gasteiger partial charge >= 0.3 is 0 Å². The van der Waals surface area contributed by atoms with Gasteiger partial charge in [-0.05, 0) is 55.4 Å². The molecule has 0 nitrogen and oxygen atoms in total. The average Bonchev–Trinajstić information content (AvgIpc) is 2.61. The molecule has 1 unspecified atom stereocenters. The quantitative estimate of drug-likeness (QED) is 0.440. The van der Waals surface area contributed by atoms with Crippen LogP contribution in [0, 0.1) is 19.8 Å². The third-order valence-corrected chi connectivity index (χ3v) is 5.60. The Morgan fingerprint density at radius 3 is 2.28 bits per heavy atom. The molecule has 2 rings (SSSR count). The van der Waals surface area contributed by atoms with Gasteiger partial charge in [0.15, 0.2) is 0 Å². The third-order valence-electron chi connectivity index (χ3n) is 4.16. The predicted octanol–water partition coefficient (Wildman–Crippen LogP) is 6.32. The number of alkyl halides is 1. The van der Waals surface area contributed by atoms with E-state index in [0.29, 0.717) is 5.92 Å². The van der Waals surface area contributed by atoms with E-state index < -0.39 is 0 Å². The van der Waals surface area contributed by atoms with Gasteiger partial charge in [0.2, 0.25) is 0 Å². The Morgan fingerprint density at radius 2 is 1.67 bits per heavy atom. The van der Waals surface area contributed by atoms with Crippen molar-refractivity contribution < 1.29 is 0 Å². The van der Waals surface area contributed by atoms with Gasteiger partial charge in [-0.3, -0.25) is 0 Å². The molecule has 0 bridgehead atoms. The SMILES string of the molecule is Cc1cc(C(Cl)C2CCCCCC2)c(C)cc1Br. The summed E-state index contributed by atoms with van der Waals surface area (Å²) in [5, 5.41) is 0.190. The summed E-state index contributed by atoms with van der Waals surface area (Å²) in [6.45, 7) is 4.31. The van der Waals surface area contributed by atoms with Crippen LogP contribution in [0.2, 0.25) is 0 Å². The van der Waals surface area contributed by atoms with Crippen molar-refractivity contribution in [1.29, 1.82) is 0 Å². The lowest BCUT2D eigenvalue weighted by Gasteiger charge is -2.23. The minimum absolute atomic E-state index is 0.190. The highest BCUT2D eigenvalue weighted by Gasteiger charge is 2.23. The fourth-order valence-corrected chi connectivity index (χ4v) is 3.90. The highest BCUT2D eigenvalue weighted by Crippen LogP contribution is 2.40. The second-order valence-electron chi connectivity index (χ2n) is 5.61. The summed E-state index contributed by atoms with van der Waals surface area (Å²) in [5.41, 5.74) is 3.94. The summed E-state index contributed by atoms with van der Waals surface area (Å²) < 4.78 is 1.19. The van der Waals surface area contributed by atoms with E-state index in [2.05, 4.69) is 41.9 Å². The van der Waals surface area contributed by atoms with Crippen LogP contribution in [-0.2, 0) is 0 Å². The molecule has 0 heterocycles. The molecule has 0 saturated heterocycles. The zero-order valence-electron chi connectivity index (χ0n) is 11.3. The summed E-state index contributed by atoms with van der Waals surface area (Å²) >= 11 is 10.4. The first kappa shape index (κ1) is 14.4. The molecular formula is C16H22BrCl. The first-order valence-electron chi connectivity index (χ1n) is 7.00. The van der Waals surface area contributed by atoms with Gasteiger partial charge < -0.3 is 0 Å². The first-order valence-corrected chi connectivity index (χ1v) is 8.23. The van der Waals surface area contributed by atoms with Crippen molar-refractivity contribution in [3.8, 4) is 0 Å². The largest absolute Gasteiger partial charge is 0.118 e. The van der Waals surface area contributed by atoms with Crippen molar-refractivity contribution in [3.05, 3.63) is 33.3 Å². The second kappa shape index (κ2) is 6.43. The van der Waals surface area contributed by atoms with Gasteiger partial charge in [0, 0.05) is 4.47 Å². The molecule has 0 aromatic heterocycles. The van der Waals surface area contributed by atoms with Crippen molar-refractivity contribution in [2.24, 2.45) is 5.92 Å². The van der Waals surface area contributed by atoms with Crippen LogP contribution in [0.5, 0.6) is 0 Å². The highest BCUT2D eigenvalue weighted by molar-refractivity contribution is 9.10. The van der Waals surface area contributed by atoms with E-state index in [9.17, 15) is 0 Å². The van der Waals surface area contributed by atoms with Gasteiger partial charge in [-0.2, -0.15) is 0 Å². The van der Waals surface area contributed by atoms with Crippen LogP contribution >= 0.6 is 27.5 Å². The lowest BCUT2D eigenvalue weighted by molar-refractivity contribution is 0.444. The van der Waals surface area contributed by atoms with Crippen molar-refractivity contribution in [2.75, 3.05) is 0 Å². The summed E-state index contributed by atoms with van der Waals surface area (Å²) in [6.07, 6.45) is 8.06. The standard InChI is InChI=1S/C16H22BrCl/c1-11-10-15(17)12(2)9-14(11)16(18)13-7-5-3-4-6-8-13/h9-10,13,16H,3-8H2,1-2H3. The zero-order valence-corrected chi connectivity index (χ0v) is 13.6. The summed E-state index contributed by atoms with van der Waals surface area (Å²) in [7, 11) is 0. The van der Waals surface area contributed by atoms with Gasteiger partial charge in [-0.15, -0.1) is 11.6 Å². The van der Waals surface area contributed by atoms with Crippen molar-refractivity contribution >= 4 is 27.5 Å². The Hall–Kier alpha value is -0.0100. The van der Waals surface area contributed by atoms with Gasteiger partial charge in [-0.25, -0.2) is 0 Å². The number of aryl methyl sites for hydroxylation is 2. The fraction of sp³-hybridized carbons (Fsp3) is 0.625. The number of benzene rings is 1. The molecule has 0 N–H and O–H groups in total. The van der Waals surface area contributed by atoms with E-state index in [1.807, 2.05) is 0 Å². The van der Waals surface area contributed by atoms with Crippen LogP contribution in [0.3, 0.4) is 0 Å². The van der Waals surface area contributed by atoms with Crippen molar-refractivity contribution in [2.45, 2.75) is 57.7 Å². The zero-order chi connectivity index (χ0) is 13.1. The van der Waals surface area contributed by atoms with Crippen LogP contribution in [0.25, 0.3) is 0 Å². The van der Waals surface area contributed by atoms with Gasteiger partial charge in [0.05, 0.1) is 5.38 Å². The molecule has 1 aromatic rings. The van der Waals surface area contributed by atoms with Crippen molar-refractivity contribution in [3.63, 3.8) is 0 Å². The Bertz CT molecular complexity index is 406. The van der Waals surface area contributed by atoms with E-state index in [0.717, 1.165) is 0 Å². The van der Waals surface area contributed by atoms with Gasteiger partial charge in [0.1, 0.15) is 0 Å². The molecule has 2 heteroatoms. The summed E-state index contributed by atoms with van der Waals surface area (Å²) in [6, 6.07) is 4.47. The monoisotopic (exact) mass is 328 g/mol. The maximum absolute atomic E-state index is 6.77. The minimum Gasteiger partial charge on any atom is -0.118 e. The molecule has 1 aliphatic rings. The van der Waals surface area contributed by atoms with Crippen LogP contribution in [0.15, 0.2) is 16.6 Å². The number of hydrogen-bond acceptors (Lipinski definition) is 0. The van der Waals surface area contributed by atoms with Crippen molar-refractivity contribution in [1.82, 2.24) is 0 Å². The van der Waals surface area contributed by atoms with Crippen LogP contribution in [0.4, 0.5) is 0 Å². The number of halogens is 2. The molecule has 18 heavy (non-hydrogen) atoms. The average molecular weight is 330 g/mol. The normalized spacial score (nSPS) is 19.6. The molecule has 1 saturated carbocycles. The molecule has 0 aliphatic heterocycles. The fourth-order valence-electron chi connectivity index (χ4n) is 2.96. The molecule has 1 atom stereocenters. The summed E-state index contributed by atoms with van der Waals surface area (Å²) in [5.74, 6) is 0.661. The number of rotatable bonds is 2. The van der Waals surface area contributed by atoms with Crippen LogP contribution in [-0.4, -0.2) is 0 Å². The Morgan fingerprint density at radius 1 is 1.06 bits per heavy atom. The second-order valence-corrected chi connectivity index (χ2v) is 6.94. The Balaban J connectivity index is 2.21. The predicted molar refractivity (Wildman–Crippen MR) is 83.4 cm³/mol. The molecule has 1 aliphatic carbocycles. The van der Waals surface area contributed by atoms with Crippen LogP contribution < -0.4 is 0 Å². The van der Waals surface area contributed by atoms with Crippen LogP contribution in [0.1, 0.15) is 60.6 Å². The smallest absolute Gasteiger partial charge is 0.0616 e. The molecule has 100 valence electrons. The van der Waals surface area contributed by atoms with Gasteiger partial charge in [-0.1, -0.05) is 47.7 Å². The maximum atomic E-state index is 6.77. The van der Waals surface area contributed by atoms with E-state index in [1.54, 1.807) is 0 Å². The maximum Gasteiger partial charge on any atom is 0.0616 e. The topological polar surface area (TPSA) is 0 Å². The highest BCUT2D eigenvalue weighted by atomic mass is 79.9. The molecule has 1 fully saturated rings. The van der Waals surface area contributed by atoms with E-state index in [4.69, 9.17) is 11.6 Å².